The number of nitrogens with one attached hydrogen (secondary N) is 1. The smallest absolute Gasteiger partial charge is 0.222 e. The molecule has 0 spiro atoms. The van der Waals surface area contributed by atoms with Crippen LogP contribution in [0.2, 0.25) is 0 Å². The van der Waals surface area contributed by atoms with E-state index in [9.17, 15) is 4.79 Å². The topological polar surface area (TPSA) is 58.4 Å². The van der Waals surface area contributed by atoms with Crippen molar-refractivity contribution in [3.05, 3.63) is 71.3 Å². The van der Waals surface area contributed by atoms with Gasteiger partial charge in [0.05, 0.1) is 0 Å². The molecule has 0 bridgehead atoms. The van der Waals surface area contributed by atoms with Crippen molar-refractivity contribution in [3.8, 4) is 0 Å². The molecule has 1 amide bonds. The van der Waals surface area contributed by atoms with Crippen LogP contribution in [-0.4, -0.2) is 29.9 Å². The summed E-state index contributed by atoms with van der Waals surface area (Å²) in [5.41, 5.74) is 9.90. The van der Waals surface area contributed by atoms with Gasteiger partial charge in [0.2, 0.25) is 5.91 Å². The van der Waals surface area contributed by atoms with Crippen molar-refractivity contribution in [1.82, 2.24) is 10.2 Å². The van der Waals surface area contributed by atoms with Crippen LogP contribution in [0.5, 0.6) is 0 Å². The zero-order chi connectivity index (χ0) is 18.4. The van der Waals surface area contributed by atoms with Gasteiger partial charge < -0.3 is 11.1 Å². The molecule has 0 aromatic heterocycles. The highest BCUT2D eigenvalue weighted by atomic mass is 16.1. The highest BCUT2D eigenvalue weighted by Gasteiger charge is 2.22. The van der Waals surface area contributed by atoms with Crippen LogP contribution in [0.1, 0.15) is 42.0 Å². The maximum absolute atomic E-state index is 12.3. The van der Waals surface area contributed by atoms with E-state index < -0.39 is 0 Å². The Morgan fingerprint density at radius 2 is 1.77 bits per heavy atom. The zero-order valence-corrected chi connectivity index (χ0v) is 15.5. The fourth-order valence-electron chi connectivity index (χ4n) is 3.57. The minimum absolute atomic E-state index is 0.0544. The van der Waals surface area contributed by atoms with Gasteiger partial charge in [-0.05, 0) is 36.5 Å². The molecule has 1 unspecified atom stereocenters. The fraction of sp³-hybridized carbons (Fsp3) is 0.409. The molecule has 3 rings (SSSR count). The third kappa shape index (κ3) is 5.16. The van der Waals surface area contributed by atoms with Crippen LogP contribution < -0.4 is 11.1 Å². The number of carbonyl (C=O) groups excluding carboxylic acids is 1. The Labute approximate surface area is 156 Å². The Hall–Kier alpha value is -2.17. The number of nitrogens with two attached hydrogens (primary N) is 1. The lowest BCUT2D eigenvalue weighted by molar-refractivity contribution is -0.122. The van der Waals surface area contributed by atoms with E-state index in [2.05, 4.69) is 41.4 Å². The molecule has 4 nitrogen and oxygen atoms in total. The molecule has 0 radical (unpaired) electrons. The first-order valence-electron chi connectivity index (χ1n) is 9.48. The van der Waals surface area contributed by atoms with E-state index in [1.807, 2.05) is 30.3 Å². The summed E-state index contributed by atoms with van der Waals surface area (Å²) < 4.78 is 0. The van der Waals surface area contributed by atoms with Crippen molar-refractivity contribution in [2.24, 2.45) is 5.73 Å². The van der Waals surface area contributed by atoms with E-state index >= 15 is 0 Å². The third-order valence-electron chi connectivity index (χ3n) is 5.24. The highest BCUT2D eigenvalue weighted by molar-refractivity contribution is 5.77. The molecule has 0 aliphatic carbocycles. The number of likely N-dealkylation sites (tertiary alicyclic amines) is 1. The Kier molecular flexibility index (Phi) is 6.42. The molecule has 1 atom stereocenters. The number of nitrogens with zero attached hydrogens (tertiary/aromatic N) is 1. The van der Waals surface area contributed by atoms with E-state index in [1.54, 1.807) is 0 Å². The van der Waals surface area contributed by atoms with Crippen LogP contribution in [0.25, 0.3) is 0 Å². The fourth-order valence-corrected chi connectivity index (χ4v) is 3.57. The van der Waals surface area contributed by atoms with Gasteiger partial charge in [0, 0.05) is 38.1 Å². The second kappa shape index (κ2) is 8.97. The number of rotatable bonds is 6. The van der Waals surface area contributed by atoms with Crippen molar-refractivity contribution < 1.29 is 4.79 Å². The van der Waals surface area contributed by atoms with Crippen molar-refractivity contribution >= 4 is 5.91 Å². The third-order valence-corrected chi connectivity index (χ3v) is 5.24. The highest BCUT2D eigenvalue weighted by Crippen LogP contribution is 2.17. The molecule has 2 aromatic rings. The quantitative estimate of drug-likeness (QED) is 0.840. The molecular formula is C22H29N3O. The predicted molar refractivity (Wildman–Crippen MR) is 106 cm³/mol. The number of piperidine rings is 1. The summed E-state index contributed by atoms with van der Waals surface area (Å²) in [6.07, 6.45) is 2.34. The van der Waals surface area contributed by atoms with Gasteiger partial charge in [-0.25, -0.2) is 0 Å². The van der Waals surface area contributed by atoms with Gasteiger partial charge in [0.1, 0.15) is 0 Å². The maximum atomic E-state index is 12.3. The van der Waals surface area contributed by atoms with E-state index in [0.717, 1.165) is 38.0 Å². The largest absolute Gasteiger partial charge is 0.353 e. The van der Waals surface area contributed by atoms with Crippen LogP contribution >= 0.6 is 0 Å². The summed E-state index contributed by atoms with van der Waals surface area (Å²) in [5, 5.41) is 3.17. The van der Waals surface area contributed by atoms with Gasteiger partial charge >= 0.3 is 0 Å². The first kappa shape index (κ1) is 18.6. The molecule has 1 fully saturated rings. The van der Waals surface area contributed by atoms with Gasteiger partial charge in [-0.2, -0.15) is 0 Å². The Bertz CT molecular complexity index is 708. The van der Waals surface area contributed by atoms with Crippen LogP contribution in [0, 0.1) is 6.92 Å². The predicted octanol–water partition coefficient (Wildman–Crippen LogP) is 3.17. The van der Waals surface area contributed by atoms with Gasteiger partial charge in [-0.1, -0.05) is 54.6 Å². The monoisotopic (exact) mass is 351 g/mol. The number of hydrogen-bond acceptors (Lipinski definition) is 3. The molecule has 0 saturated carbocycles. The van der Waals surface area contributed by atoms with E-state index in [0.29, 0.717) is 6.42 Å². The number of amides is 1. The van der Waals surface area contributed by atoms with Crippen LogP contribution in [-0.2, 0) is 11.3 Å². The Balaban J connectivity index is 1.42. The van der Waals surface area contributed by atoms with E-state index in [4.69, 9.17) is 5.73 Å². The molecule has 138 valence electrons. The summed E-state index contributed by atoms with van der Waals surface area (Å²) in [6.45, 7) is 5.19. The molecule has 26 heavy (non-hydrogen) atoms. The normalized spacial score (nSPS) is 17.0. The summed E-state index contributed by atoms with van der Waals surface area (Å²) in [4.78, 5) is 14.8. The average Bonchev–Trinajstić information content (AvgIpc) is 2.66. The molecule has 1 heterocycles. The first-order valence-corrected chi connectivity index (χ1v) is 9.48. The minimum atomic E-state index is -0.239. The molecule has 1 aliphatic heterocycles. The summed E-state index contributed by atoms with van der Waals surface area (Å²) >= 11 is 0. The Morgan fingerprint density at radius 1 is 1.12 bits per heavy atom. The number of aryl methyl sites for hydroxylation is 1. The van der Waals surface area contributed by atoms with Crippen LogP contribution in [0.4, 0.5) is 0 Å². The summed E-state index contributed by atoms with van der Waals surface area (Å²) in [6, 6.07) is 18.4. The van der Waals surface area contributed by atoms with Crippen molar-refractivity contribution in [2.75, 3.05) is 13.1 Å². The molecular weight excluding hydrogens is 322 g/mol. The van der Waals surface area contributed by atoms with Gasteiger partial charge in [-0.15, -0.1) is 0 Å². The first-order chi connectivity index (χ1) is 12.6. The van der Waals surface area contributed by atoms with Gasteiger partial charge in [0.15, 0.2) is 0 Å². The second-order valence-electron chi connectivity index (χ2n) is 7.27. The molecule has 1 aliphatic rings. The molecule has 3 N–H and O–H groups in total. The summed E-state index contributed by atoms with van der Waals surface area (Å²) in [7, 11) is 0. The van der Waals surface area contributed by atoms with Crippen molar-refractivity contribution in [1.29, 1.82) is 0 Å². The lowest BCUT2D eigenvalue weighted by Crippen LogP contribution is -2.44. The maximum Gasteiger partial charge on any atom is 0.222 e. The number of carbonyl (C=O) groups is 1. The lowest BCUT2D eigenvalue weighted by Gasteiger charge is -2.32. The SMILES string of the molecule is Cc1ccccc1CN1CCC(NC(=O)CC(N)c2ccccc2)CC1. The Morgan fingerprint density at radius 3 is 2.46 bits per heavy atom. The average molecular weight is 351 g/mol. The van der Waals surface area contributed by atoms with Gasteiger partial charge in [0.25, 0.3) is 0 Å². The molecule has 2 aromatic carbocycles. The zero-order valence-electron chi connectivity index (χ0n) is 15.5. The number of benzene rings is 2. The van der Waals surface area contributed by atoms with E-state index in [1.165, 1.54) is 11.1 Å². The van der Waals surface area contributed by atoms with E-state index in [-0.39, 0.29) is 18.0 Å². The lowest BCUT2D eigenvalue weighted by atomic mass is 10.0. The molecule has 4 heteroatoms. The second-order valence-corrected chi connectivity index (χ2v) is 7.27. The van der Waals surface area contributed by atoms with Crippen LogP contribution in [0.15, 0.2) is 54.6 Å². The van der Waals surface area contributed by atoms with Crippen molar-refractivity contribution in [3.63, 3.8) is 0 Å². The van der Waals surface area contributed by atoms with Crippen LogP contribution in [0.3, 0.4) is 0 Å². The molecule has 1 saturated heterocycles. The standard InChI is InChI=1S/C22H29N3O/c1-17-7-5-6-10-19(17)16-25-13-11-20(12-14-25)24-22(26)15-21(23)18-8-3-2-4-9-18/h2-10,20-21H,11-16,23H2,1H3,(H,24,26). The van der Waals surface area contributed by atoms with Gasteiger partial charge in [-0.3, -0.25) is 9.69 Å². The summed E-state index contributed by atoms with van der Waals surface area (Å²) in [5.74, 6) is 0.0544. The van der Waals surface area contributed by atoms with Crippen molar-refractivity contribution in [2.45, 2.75) is 44.8 Å². The minimum Gasteiger partial charge on any atom is -0.353 e. The number of hydrogen-bond donors (Lipinski definition) is 2.